The number of nitrogens with one attached hydrogen (secondary N) is 2. The maximum absolute atomic E-state index is 12.9. The highest BCUT2D eigenvalue weighted by Gasteiger charge is 2.39. The second kappa shape index (κ2) is 14.1. The number of hydrogen-bond donors (Lipinski definition) is 2. The summed E-state index contributed by atoms with van der Waals surface area (Å²) >= 11 is 1.27. The number of nitrogens with zero attached hydrogens (tertiary/aromatic N) is 3. The predicted octanol–water partition coefficient (Wildman–Crippen LogP) is 0.598. The van der Waals surface area contributed by atoms with E-state index in [-0.39, 0.29) is 31.2 Å². The highest BCUT2D eigenvalue weighted by Crippen LogP contribution is 2.27. The zero-order valence-electron chi connectivity index (χ0n) is 22.3. The second-order valence-corrected chi connectivity index (χ2v) is 12.3. The lowest BCUT2D eigenvalue weighted by Gasteiger charge is -2.35. The molecule has 2 amide bonds. The van der Waals surface area contributed by atoms with Crippen LogP contribution in [0.4, 0.5) is 10.5 Å². The van der Waals surface area contributed by atoms with Gasteiger partial charge < -0.3 is 19.7 Å². The van der Waals surface area contributed by atoms with Crippen molar-refractivity contribution in [2.75, 3.05) is 38.2 Å². The fourth-order valence-electron chi connectivity index (χ4n) is 4.18. The summed E-state index contributed by atoms with van der Waals surface area (Å²) in [5.41, 5.74) is 3.22. The molecule has 0 aliphatic carbocycles. The molecular formula is C23H33N5O10S2. The maximum atomic E-state index is 12.9. The lowest BCUT2D eigenvalue weighted by atomic mass is 10.2. The number of hydrogen-bond acceptors (Lipinski definition) is 13. The Morgan fingerprint density at radius 1 is 1.27 bits per heavy atom. The number of esters is 1. The van der Waals surface area contributed by atoms with E-state index < -0.39 is 50.7 Å². The number of nitro groups is 1. The zero-order valence-corrected chi connectivity index (χ0v) is 23.9. The number of carbonyl (C=O) groups excluding carboxylic acids is 3. The van der Waals surface area contributed by atoms with Crippen molar-refractivity contribution in [3.8, 4) is 0 Å². The van der Waals surface area contributed by atoms with Crippen molar-refractivity contribution in [3.63, 3.8) is 0 Å². The van der Waals surface area contributed by atoms with Crippen molar-refractivity contribution in [1.82, 2.24) is 20.7 Å². The molecule has 2 fully saturated rings. The molecule has 0 spiro atoms. The molecule has 1 aromatic rings. The number of non-ortho nitro benzene ring substituents is 1. The molecule has 2 unspecified atom stereocenters. The number of nitro benzene ring substituents is 1. The lowest BCUT2D eigenvalue weighted by Crippen LogP contribution is -2.60. The monoisotopic (exact) mass is 603 g/mol. The number of hydrazine groups is 1. The van der Waals surface area contributed by atoms with Crippen LogP contribution in [-0.4, -0.2) is 103 Å². The number of amides is 2. The molecule has 15 nitrogen and oxygen atoms in total. The Morgan fingerprint density at radius 3 is 2.60 bits per heavy atom. The summed E-state index contributed by atoms with van der Waals surface area (Å²) in [6.07, 6.45) is -0.976. The summed E-state index contributed by atoms with van der Waals surface area (Å²) in [6.45, 7) is 4.21. The first kappa shape index (κ1) is 31.5. The molecule has 0 bridgehead atoms. The van der Waals surface area contributed by atoms with E-state index in [0.717, 1.165) is 6.26 Å². The lowest BCUT2D eigenvalue weighted by molar-refractivity contribution is -0.384. The Morgan fingerprint density at radius 2 is 1.98 bits per heavy atom. The molecule has 2 aliphatic heterocycles. The van der Waals surface area contributed by atoms with E-state index in [1.165, 1.54) is 47.9 Å². The van der Waals surface area contributed by atoms with Gasteiger partial charge in [0.1, 0.15) is 6.61 Å². The van der Waals surface area contributed by atoms with E-state index in [4.69, 9.17) is 13.7 Å². The minimum atomic E-state index is -3.77. The van der Waals surface area contributed by atoms with Gasteiger partial charge in [-0.15, -0.1) is 11.8 Å². The first-order valence-electron chi connectivity index (χ1n) is 12.4. The Hall–Kier alpha value is -2.99. The van der Waals surface area contributed by atoms with E-state index >= 15 is 0 Å². The van der Waals surface area contributed by atoms with E-state index in [9.17, 15) is 32.9 Å². The van der Waals surface area contributed by atoms with Gasteiger partial charge in [-0.25, -0.2) is 4.79 Å². The van der Waals surface area contributed by atoms with Crippen molar-refractivity contribution in [2.45, 2.75) is 50.5 Å². The van der Waals surface area contributed by atoms with Crippen LogP contribution in [0.15, 0.2) is 24.3 Å². The topological polar surface area (TPSA) is 187 Å². The minimum Gasteiger partial charge on any atom is -0.445 e. The average Bonchev–Trinajstić information content (AvgIpc) is 3.27. The van der Waals surface area contributed by atoms with E-state index in [1.807, 2.05) is 0 Å². The summed E-state index contributed by atoms with van der Waals surface area (Å²) in [5, 5.41) is 14.9. The third-order valence-electron chi connectivity index (χ3n) is 6.09. The molecule has 2 saturated heterocycles. The van der Waals surface area contributed by atoms with Crippen LogP contribution < -0.4 is 10.7 Å². The smallest absolute Gasteiger partial charge is 0.410 e. The van der Waals surface area contributed by atoms with Crippen molar-refractivity contribution in [3.05, 3.63) is 39.9 Å². The number of piperazine rings is 1. The molecule has 2 heterocycles. The van der Waals surface area contributed by atoms with E-state index in [1.54, 1.807) is 11.9 Å². The number of carbonyl (C=O) groups is 3. The van der Waals surface area contributed by atoms with Gasteiger partial charge in [0.2, 0.25) is 5.91 Å². The fourth-order valence-corrected chi connectivity index (χ4v) is 5.85. The molecule has 4 atom stereocenters. The van der Waals surface area contributed by atoms with Crippen LogP contribution in [0.3, 0.4) is 0 Å². The molecule has 222 valence electrons. The van der Waals surface area contributed by atoms with E-state index in [2.05, 4.69) is 10.7 Å². The van der Waals surface area contributed by atoms with Gasteiger partial charge in [-0.05, 0) is 31.0 Å². The highest BCUT2D eigenvalue weighted by molar-refractivity contribution is 8.00. The van der Waals surface area contributed by atoms with Crippen LogP contribution in [0, 0.1) is 10.1 Å². The number of likely N-dealkylation sites (tertiary alicyclic amines) is 1. The minimum absolute atomic E-state index is 0.0250. The number of rotatable bonds is 11. The summed E-state index contributed by atoms with van der Waals surface area (Å²) in [6, 6.07) is 5.07. The summed E-state index contributed by atoms with van der Waals surface area (Å²) < 4.78 is 39.1. The van der Waals surface area contributed by atoms with E-state index in [0.29, 0.717) is 31.0 Å². The van der Waals surface area contributed by atoms with Crippen molar-refractivity contribution < 1.29 is 41.4 Å². The normalized spacial score (nSPS) is 22.4. The maximum Gasteiger partial charge on any atom is 0.410 e. The van der Waals surface area contributed by atoms with Crippen LogP contribution in [0.5, 0.6) is 0 Å². The summed E-state index contributed by atoms with van der Waals surface area (Å²) in [7, 11) is -3.77. The van der Waals surface area contributed by atoms with Gasteiger partial charge in [0, 0.05) is 50.5 Å². The first-order chi connectivity index (χ1) is 18.8. The Bertz CT molecular complexity index is 1180. The van der Waals surface area contributed by atoms with Crippen LogP contribution in [-0.2, 0) is 40.0 Å². The van der Waals surface area contributed by atoms with Gasteiger partial charge in [-0.1, -0.05) is 0 Å². The van der Waals surface area contributed by atoms with Gasteiger partial charge >= 0.3 is 12.1 Å². The van der Waals surface area contributed by atoms with Crippen LogP contribution >= 0.6 is 11.8 Å². The number of ether oxygens (including phenoxy) is 2. The van der Waals surface area contributed by atoms with Gasteiger partial charge in [0.25, 0.3) is 15.8 Å². The van der Waals surface area contributed by atoms with Crippen molar-refractivity contribution in [1.29, 1.82) is 0 Å². The van der Waals surface area contributed by atoms with Crippen LogP contribution in [0.1, 0.15) is 25.8 Å². The molecule has 0 saturated carbocycles. The number of thioether (sulfide) groups is 1. The largest absolute Gasteiger partial charge is 0.445 e. The molecule has 17 heteroatoms. The van der Waals surface area contributed by atoms with Crippen molar-refractivity contribution >= 4 is 45.5 Å². The molecule has 2 N–H and O–H groups in total. The van der Waals surface area contributed by atoms with Gasteiger partial charge in [0.15, 0.2) is 6.23 Å². The van der Waals surface area contributed by atoms with Crippen LogP contribution in [0.25, 0.3) is 0 Å². The molecule has 1 aromatic carbocycles. The first-order valence-corrected chi connectivity index (χ1v) is 15.3. The third kappa shape index (κ3) is 9.58. The molecule has 40 heavy (non-hydrogen) atoms. The van der Waals surface area contributed by atoms with Crippen molar-refractivity contribution in [2.24, 2.45) is 0 Å². The van der Waals surface area contributed by atoms with Gasteiger partial charge in [-0.3, -0.25) is 29.3 Å². The average molecular weight is 604 g/mol. The van der Waals surface area contributed by atoms with Crippen LogP contribution in [0.2, 0.25) is 0 Å². The number of benzene rings is 1. The summed E-state index contributed by atoms with van der Waals surface area (Å²) in [4.78, 5) is 48.8. The van der Waals surface area contributed by atoms with Gasteiger partial charge in [0.05, 0.1) is 29.1 Å². The molecule has 2 aliphatic rings. The predicted molar refractivity (Wildman–Crippen MR) is 143 cm³/mol. The Labute approximate surface area is 236 Å². The zero-order chi connectivity index (χ0) is 29.4. The standard InChI is InChI=1S/C23H33N5O10S2/c1-15(22(30)25-27-9-8-24-11-21(27)37-16(2)29)39-14-19-10-20(38-40(3,34)35)12-26(19)23(31)36-13-17-4-6-18(7-5-17)28(32)33/h4-7,15,19-21,24H,8-14H2,1-3H3,(H,25,30)/t15?,19-,20-,21?/m0/s1. The molecule has 0 radical (unpaired) electrons. The fraction of sp³-hybridized carbons (Fsp3) is 0.609. The van der Waals surface area contributed by atoms with Gasteiger partial charge in [-0.2, -0.15) is 13.4 Å². The molecule has 0 aromatic heterocycles. The Balaban J connectivity index is 1.58. The molecule has 3 rings (SSSR count). The highest BCUT2D eigenvalue weighted by atomic mass is 32.2. The second-order valence-electron chi connectivity index (χ2n) is 9.36. The third-order valence-corrected chi connectivity index (χ3v) is 8.00. The Kier molecular flexibility index (Phi) is 11.1. The SMILES string of the molecule is CC(=O)OC1CNCCN1NC(=O)C(C)SC[C@@H]1C[C@H](OS(C)(=O)=O)CN1C(=O)OCc1ccc([N+](=O)[O-])cc1. The quantitative estimate of drug-likeness (QED) is 0.155. The molecular weight excluding hydrogens is 570 g/mol. The summed E-state index contributed by atoms with van der Waals surface area (Å²) in [5.74, 6) is -0.499.